The van der Waals surface area contributed by atoms with Crippen LogP contribution in [0.5, 0.6) is 0 Å². The Morgan fingerprint density at radius 3 is 2.25 bits per heavy atom. The number of hydrogen-bond donors (Lipinski definition) is 0. The fourth-order valence-electron chi connectivity index (χ4n) is 2.46. The zero-order valence-electron chi connectivity index (χ0n) is 12.4. The van der Waals surface area contributed by atoms with Crippen molar-refractivity contribution in [3.63, 3.8) is 0 Å². The van der Waals surface area contributed by atoms with Crippen LogP contribution in [-0.4, -0.2) is 16.1 Å². The van der Waals surface area contributed by atoms with Gasteiger partial charge in [-0.15, -0.1) is 0 Å². The van der Waals surface area contributed by atoms with E-state index < -0.39 is 9.85 Å². The Morgan fingerprint density at radius 2 is 1.71 bits per heavy atom. The van der Waals surface area contributed by atoms with Crippen LogP contribution >= 0.6 is 11.6 Å². The predicted molar refractivity (Wildman–Crippen MR) is 88.3 cm³/mol. The van der Waals surface area contributed by atoms with E-state index >= 15 is 0 Å². The summed E-state index contributed by atoms with van der Waals surface area (Å²) in [6.07, 6.45) is 1.14. The number of carbonyl (C=O) groups is 1. The van der Waals surface area contributed by atoms with Crippen molar-refractivity contribution < 1.29 is 14.6 Å². The number of non-ortho nitro benzene ring substituents is 1. The largest absolute Gasteiger partial charge is 0.303 e. The van der Waals surface area contributed by atoms with E-state index in [4.69, 9.17) is 11.6 Å². The quantitative estimate of drug-likeness (QED) is 0.426. The van der Waals surface area contributed by atoms with E-state index in [9.17, 15) is 25.0 Å². The van der Waals surface area contributed by atoms with Crippen molar-refractivity contribution >= 4 is 29.3 Å². The van der Waals surface area contributed by atoms with Crippen molar-refractivity contribution in [1.82, 2.24) is 0 Å². The minimum atomic E-state index is -0.682. The van der Waals surface area contributed by atoms with Crippen LogP contribution in [0.2, 0.25) is 5.02 Å². The van der Waals surface area contributed by atoms with Gasteiger partial charge in [-0.05, 0) is 36.1 Å². The highest BCUT2D eigenvalue weighted by molar-refractivity contribution is 6.30. The molecular weight excluding hydrogens is 336 g/mol. The third-order valence-electron chi connectivity index (χ3n) is 3.66. The summed E-state index contributed by atoms with van der Waals surface area (Å²) in [6.45, 7) is 0. The normalized spacial score (nSPS) is 11.7. The number of rotatable bonds is 7. The third kappa shape index (κ3) is 4.14. The molecule has 1 atom stereocenters. The SMILES string of the molecule is O=CC[C@H](Cc1ccc([N+](=O)[O-])cc1[N+](=O)[O-])c1ccc(Cl)cc1. The van der Waals surface area contributed by atoms with Gasteiger partial charge in [0.25, 0.3) is 11.4 Å². The lowest BCUT2D eigenvalue weighted by Crippen LogP contribution is -2.06. The van der Waals surface area contributed by atoms with Gasteiger partial charge in [-0.3, -0.25) is 20.2 Å². The minimum absolute atomic E-state index is 0.176. The fraction of sp³-hybridized carbons (Fsp3) is 0.188. The Labute approximate surface area is 142 Å². The van der Waals surface area contributed by atoms with Crippen LogP contribution in [0.3, 0.4) is 0 Å². The molecule has 8 heteroatoms. The monoisotopic (exact) mass is 348 g/mol. The molecule has 2 rings (SSSR count). The molecule has 0 fully saturated rings. The zero-order valence-corrected chi connectivity index (χ0v) is 13.2. The Kier molecular flexibility index (Phi) is 5.59. The second-order valence-corrected chi connectivity index (χ2v) is 5.62. The molecule has 0 saturated heterocycles. The summed E-state index contributed by atoms with van der Waals surface area (Å²) >= 11 is 5.84. The van der Waals surface area contributed by atoms with Crippen LogP contribution < -0.4 is 0 Å². The van der Waals surface area contributed by atoms with Gasteiger partial charge in [0, 0.05) is 23.1 Å². The topological polar surface area (TPSA) is 103 Å². The summed E-state index contributed by atoms with van der Waals surface area (Å²) < 4.78 is 0. The maximum Gasteiger partial charge on any atom is 0.279 e. The van der Waals surface area contributed by atoms with Gasteiger partial charge in [0.05, 0.1) is 15.9 Å². The van der Waals surface area contributed by atoms with Gasteiger partial charge in [-0.1, -0.05) is 23.7 Å². The van der Waals surface area contributed by atoms with E-state index in [1.54, 1.807) is 24.3 Å². The van der Waals surface area contributed by atoms with Crippen LogP contribution in [-0.2, 0) is 11.2 Å². The molecule has 0 amide bonds. The highest BCUT2D eigenvalue weighted by Gasteiger charge is 2.22. The Morgan fingerprint density at radius 1 is 1.04 bits per heavy atom. The first-order valence-electron chi connectivity index (χ1n) is 7.03. The van der Waals surface area contributed by atoms with Crippen molar-refractivity contribution in [2.75, 3.05) is 0 Å². The lowest BCUT2D eigenvalue weighted by atomic mass is 9.89. The molecular formula is C16H13ClN2O5. The van der Waals surface area contributed by atoms with Crippen LogP contribution in [0.25, 0.3) is 0 Å². The first-order chi connectivity index (χ1) is 11.4. The summed E-state index contributed by atoms with van der Waals surface area (Å²) in [6, 6.07) is 10.4. The van der Waals surface area contributed by atoms with E-state index in [2.05, 4.69) is 0 Å². The smallest absolute Gasteiger partial charge is 0.279 e. The van der Waals surface area contributed by atoms with Gasteiger partial charge in [0.2, 0.25) is 0 Å². The summed E-state index contributed by atoms with van der Waals surface area (Å²) in [5.74, 6) is -0.278. The molecule has 0 N–H and O–H groups in total. The molecule has 0 heterocycles. The molecule has 0 bridgehead atoms. The van der Waals surface area contributed by atoms with Gasteiger partial charge in [-0.2, -0.15) is 0 Å². The number of hydrogen-bond acceptors (Lipinski definition) is 5. The van der Waals surface area contributed by atoms with Crippen molar-refractivity contribution in [3.8, 4) is 0 Å². The van der Waals surface area contributed by atoms with Crippen molar-refractivity contribution in [2.24, 2.45) is 0 Å². The van der Waals surface area contributed by atoms with Crippen molar-refractivity contribution in [1.29, 1.82) is 0 Å². The molecule has 0 spiro atoms. The molecule has 7 nitrogen and oxygen atoms in total. The van der Waals surface area contributed by atoms with Gasteiger partial charge in [-0.25, -0.2) is 0 Å². The van der Waals surface area contributed by atoms with Gasteiger partial charge in [0.1, 0.15) is 6.29 Å². The summed E-state index contributed by atoms with van der Waals surface area (Å²) in [4.78, 5) is 31.6. The molecule has 0 aliphatic rings. The molecule has 0 aliphatic carbocycles. The average Bonchev–Trinajstić information content (AvgIpc) is 2.55. The number of aldehydes is 1. The fourth-order valence-corrected chi connectivity index (χ4v) is 2.59. The lowest BCUT2D eigenvalue weighted by Gasteiger charge is -2.15. The Balaban J connectivity index is 2.38. The average molecular weight is 349 g/mol. The number of nitro groups is 2. The van der Waals surface area contributed by atoms with E-state index in [0.717, 1.165) is 17.9 Å². The number of nitro benzene ring substituents is 2. The molecule has 24 heavy (non-hydrogen) atoms. The Hall–Kier alpha value is -2.80. The van der Waals surface area contributed by atoms with E-state index in [-0.39, 0.29) is 30.1 Å². The van der Waals surface area contributed by atoms with E-state index in [0.29, 0.717) is 10.6 Å². The van der Waals surface area contributed by atoms with E-state index in [1.807, 2.05) is 0 Å². The van der Waals surface area contributed by atoms with Gasteiger partial charge in [0.15, 0.2) is 0 Å². The number of nitrogens with zero attached hydrogens (tertiary/aromatic N) is 2. The van der Waals surface area contributed by atoms with Gasteiger partial charge < -0.3 is 4.79 Å². The van der Waals surface area contributed by atoms with Crippen LogP contribution in [0.4, 0.5) is 11.4 Å². The third-order valence-corrected chi connectivity index (χ3v) is 3.92. The van der Waals surface area contributed by atoms with Crippen LogP contribution in [0.1, 0.15) is 23.5 Å². The second-order valence-electron chi connectivity index (χ2n) is 5.18. The second kappa shape index (κ2) is 7.65. The number of carbonyl (C=O) groups excluding carboxylic acids is 1. The maximum atomic E-state index is 11.2. The molecule has 0 unspecified atom stereocenters. The summed E-state index contributed by atoms with van der Waals surface area (Å²) in [7, 11) is 0. The standard InChI is InChI=1S/C16H13ClN2O5/c17-14-4-1-11(2-5-14)12(7-8-20)9-13-3-6-15(18(21)22)10-16(13)19(23)24/h1-6,8,10,12H,7,9H2/t12-/m1/s1. The summed E-state index contributed by atoms with van der Waals surface area (Å²) in [5, 5.41) is 22.5. The van der Waals surface area contributed by atoms with Gasteiger partial charge >= 0.3 is 0 Å². The summed E-state index contributed by atoms with van der Waals surface area (Å²) in [5.41, 5.74) is 0.490. The van der Waals surface area contributed by atoms with Crippen molar-refractivity contribution in [3.05, 3.63) is 78.8 Å². The zero-order chi connectivity index (χ0) is 17.7. The lowest BCUT2D eigenvalue weighted by molar-refractivity contribution is -0.394. The predicted octanol–water partition coefficient (Wildman–Crippen LogP) is 4.07. The first-order valence-corrected chi connectivity index (χ1v) is 7.41. The van der Waals surface area contributed by atoms with E-state index in [1.165, 1.54) is 12.1 Å². The van der Waals surface area contributed by atoms with Crippen molar-refractivity contribution in [2.45, 2.75) is 18.8 Å². The Bertz CT molecular complexity index is 777. The minimum Gasteiger partial charge on any atom is -0.303 e. The number of benzene rings is 2. The van der Waals surface area contributed by atoms with Crippen LogP contribution in [0, 0.1) is 20.2 Å². The van der Waals surface area contributed by atoms with Crippen LogP contribution in [0.15, 0.2) is 42.5 Å². The highest BCUT2D eigenvalue weighted by Crippen LogP contribution is 2.31. The molecule has 0 aliphatic heterocycles. The number of halogens is 1. The molecule has 0 saturated carbocycles. The molecule has 124 valence electrons. The molecule has 0 aromatic heterocycles. The maximum absolute atomic E-state index is 11.2. The first kappa shape index (κ1) is 17.6. The highest BCUT2D eigenvalue weighted by atomic mass is 35.5. The molecule has 2 aromatic rings. The molecule has 0 radical (unpaired) electrons. The molecule has 2 aromatic carbocycles.